The predicted octanol–water partition coefficient (Wildman–Crippen LogP) is 4.49. The Bertz CT molecular complexity index is 1210. The van der Waals surface area contributed by atoms with E-state index in [2.05, 4.69) is 10.0 Å². The minimum absolute atomic E-state index is 0.134. The van der Waals surface area contributed by atoms with Gasteiger partial charge in [0.25, 0.3) is 0 Å². The number of rotatable bonds is 8. The fourth-order valence-electron chi connectivity index (χ4n) is 3.26. The van der Waals surface area contributed by atoms with Crippen LogP contribution in [0.25, 0.3) is 0 Å². The van der Waals surface area contributed by atoms with Crippen molar-refractivity contribution in [2.24, 2.45) is 0 Å². The molecule has 0 saturated carbocycles. The number of ether oxygens (including phenoxy) is 1. The molecule has 0 spiro atoms. The molecule has 6 nitrogen and oxygen atoms in total. The van der Waals surface area contributed by atoms with Crippen LogP contribution in [0.5, 0.6) is 5.75 Å². The van der Waals surface area contributed by atoms with Gasteiger partial charge < -0.3 is 10.1 Å². The normalized spacial score (nSPS) is 12.2. The highest BCUT2D eigenvalue weighted by molar-refractivity contribution is 7.89. The average molecular weight is 473 g/mol. The van der Waals surface area contributed by atoms with Gasteiger partial charge in [-0.3, -0.25) is 4.79 Å². The van der Waals surface area contributed by atoms with E-state index in [-0.39, 0.29) is 22.1 Å². The summed E-state index contributed by atoms with van der Waals surface area (Å²) >= 11 is 6.02. The fraction of sp³-hybridized carbons (Fsp3) is 0.208. The molecule has 2 N–H and O–H groups in total. The molecule has 1 atom stereocenters. The van der Waals surface area contributed by atoms with Crippen molar-refractivity contribution < 1.29 is 17.9 Å². The number of aryl methyl sites for hydroxylation is 1. The summed E-state index contributed by atoms with van der Waals surface area (Å²) in [7, 11) is -2.75. The van der Waals surface area contributed by atoms with Crippen molar-refractivity contribution >= 4 is 33.2 Å². The van der Waals surface area contributed by atoms with E-state index in [9.17, 15) is 13.2 Å². The van der Waals surface area contributed by atoms with E-state index in [0.29, 0.717) is 5.69 Å². The van der Waals surface area contributed by atoms with Crippen LogP contribution in [0, 0.1) is 13.8 Å². The third kappa shape index (κ3) is 5.68. The monoisotopic (exact) mass is 472 g/mol. The minimum Gasteiger partial charge on any atom is -0.495 e. The molecule has 0 aromatic heterocycles. The lowest BCUT2D eigenvalue weighted by Gasteiger charge is -2.20. The largest absolute Gasteiger partial charge is 0.495 e. The molecule has 0 unspecified atom stereocenters. The van der Waals surface area contributed by atoms with Crippen molar-refractivity contribution in [1.29, 1.82) is 0 Å². The Morgan fingerprint density at radius 3 is 2.44 bits per heavy atom. The Morgan fingerprint density at radius 2 is 1.75 bits per heavy atom. The second-order valence-corrected chi connectivity index (χ2v) is 9.51. The molecule has 0 radical (unpaired) electrons. The summed E-state index contributed by atoms with van der Waals surface area (Å²) in [6.07, 6.45) is 0.166. The van der Waals surface area contributed by atoms with Gasteiger partial charge in [-0.25, -0.2) is 8.42 Å². The molecule has 3 rings (SSSR count). The highest BCUT2D eigenvalue weighted by Crippen LogP contribution is 2.27. The Hall–Kier alpha value is -2.87. The van der Waals surface area contributed by atoms with Gasteiger partial charge in [-0.1, -0.05) is 54.1 Å². The third-order valence-corrected chi connectivity index (χ3v) is 6.90. The van der Waals surface area contributed by atoms with Crippen LogP contribution in [-0.4, -0.2) is 27.5 Å². The highest BCUT2D eigenvalue weighted by Gasteiger charge is 2.29. The molecule has 0 bridgehead atoms. The van der Waals surface area contributed by atoms with Crippen molar-refractivity contribution in [3.8, 4) is 5.75 Å². The maximum absolute atomic E-state index is 13.2. The van der Waals surface area contributed by atoms with Crippen molar-refractivity contribution in [1.82, 2.24) is 4.72 Å². The van der Waals surface area contributed by atoms with Gasteiger partial charge in [0.05, 0.1) is 7.11 Å². The Kier molecular flexibility index (Phi) is 7.56. The van der Waals surface area contributed by atoms with E-state index in [1.807, 2.05) is 56.3 Å². The molecule has 0 saturated heterocycles. The summed E-state index contributed by atoms with van der Waals surface area (Å²) in [5.74, 6) is -0.331. The summed E-state index contributed by atoms with van der Waals surface area (Å²) in [5, 5.41) is 3.10. The summed E-state index contributed by atoms with van der Waals surface area (Å²) in [5.41, 5.74) is 3.38. The van der Waals surface area contributed by atoms with E-state index >= 15 is 0 Å². The van der Waals surface area contributed by atoms with Crippen LogP contribution in [0.4, 0.5) is 5.69 Å². The Morgan fingerprint density at radius 1 is 1.03 bits per heavy atom. The van der Waals surface area contributed by atoms with Gasteiger partial charge in [-0.05, 0) is 61.2 Å². The minimum atomic E-state index is -4.12. The lowest BCUT2D eigenvalue weighted by atomic mass is 10.0. The maximum atomic E-state index is 13.2. The number of hydrogen-bond acceptors (Lipinski definition) is 4. The van der Waals surface area contributed by atoms with Gasteiger partial charge in [-0.15, -0.1) is 0 Å². The first-order valence-corrected chi connectivity index (χ1v) is 11.8. The second-order valence-electron chi connectivity index (χ2n) is 7.40. The molecule has 0 aliphatic carbocycles. The zero-order chi connectivity index (χ0) is 23.3. The van der Waals surface area contributed by atoms with E-state index in [4.69, 9.17) is 16.3 Å². The molecule has 3 aromatic carbocycles. The molecule has 0 heterocycles. The number of benzene rings is 3. The van der Waals surface area contributed by atoms with Crippen molar-refractivity contribution in [2.75, 3.05) is 12.4 Å². The number of anilines is 1. The van der Waals surface area contributed by atoms with Gasteiger partial charge in [0, 0.05) is 10.7 Å². The van der Waals surface area contributed by atoms with E-state index in [1.54, 1.807) is 6.07 Å². The molecule has 0 aliphatic heterocycles. The number of methoxy groups -OCH3 is 1. The summed E-state index contributed by atoms with van der Waals surface area (Å²) in [6, 6.07) is 18.0. The van der Waals surface area contributed by atoms with Crippen LogP contribution < -0.4 is 14.8 Å². The SMILES string of the molecule is COc1ccc(Cl)cc1S(=O)(=O)N[C@H](Cc1ccccc1)C(=O)Nc1cccc(C)c1C. The van der Waals surface area contributed by atoms with Crippen LogP contribution in [0.1, 0.15) is 16.7 Å². The smallest absolute Gasteiger partial charge is 0.245 e. The van der Waals surface area contributed by atoms with Crippen LogP contribution >= 0.6 is 11.6 Å². The molecular weight excluding hydrogens is 448 g/mol. The topological polar surface area (TPSA) is 84.5 Å². The van der Waals surface area contributed by atoms with Crippen molar-refractivity contribution in [2.45, 2.75) is 31.2 Å². The summed E-state index contributed by atoms with van der Waals surface area (Å²) in [4.78, 5) is 13.1. The first-order valence-electron chi connectivity index (χ1n) is 9.98. The number of hydrogen-bond donors (Lipinski definition) is 2. The molecule has 8 heteroatoms. The first-order chi connectivity index (χ1) is 15.2. The van der Waals surface area contributed by atoms with Crippen molar-refractivity contribution in [3.63, 3.8) is 0 Å². The number of carbonyl (C=O) groups is 1. The van der Waals surface area contributed by atoms with Crippen molar-refractivity contribution in [3.05, 3.63) is 88.4 Å². The van der Waals surface area contributed by atoms with Gasteiger partial charge in [-0.2, -0.15) is 4.72 Å². The lowest BCUT2D eigenvalue weighted by molar-refractivity contribution is -0.117. The lowest BCUT2D eigenvalue weighted by Crippen LogP contribution is -2.45. The van der Waals surface area contributed by atoms with E-state index < -0.39 is 22.0 Å². The number of amides is 1. The molecule has 1 amide bonds. The molecule has 0 fully saturated rings. The number of carbonyl (C=O) groups excluding carboxylic acids is 1. The number of nitrogens with one attached hydrogen (secondary N) is 2. The Balaban J connectivity index is 1.95. The van der Waals surface area contributed by atoms with Gasteiger partial charge >= 0.3 is 0 Å². The van der Waals surface area contributed by atoms with E-state index in [1.165, 1.54) is 25.3 Å². The molecule has 0 aliphatic rings. The van der Waals surface area contributed by atoms with Gasteiger partial charge in [0.2, 0.25) is 15.9 Å². The predicted molar refractivity (Wildman–Crippen MR) is 127 cm³/mol. The molecule has 3 aromatic rings. The molecular formula is C24H25ClN2O4S. The quantitative estimate of drug-likeness (QED) is 0.505. The third-order valence-electron chi connectivity index (χ3n) is 5.17. The van der Waals surface area contributed by atoms with E-state index in [0.717, 1.165) is 16.7 Å². The number of halogens is 1. The van der Waals surface area contributed by atoms with Crippen LogP contribution in [0.3, 0.4) is 0 Å². The standard InChI is InChI=1S/C24H25ClN2O4S/c1-16-8-7-11-20(17(16)2)26-24(28)21(14-18-9-5-4-6-10-18)27-32(29,30)23-15-19(25)12-13-22(23)31-3/h4-13,15,21,27H,14H2,1-3H3,(H,26,28)/t21-/m1/s1. The first kappa shape index (κ1) is 23.8. The zero-order valence-corrected chi connectivity index (χ0v) is 19.6. The maximum Gasteiger partial charge on any atom is 0.245 e. The average Bonchev–Trinajstić information content (AvgIpc) is 2.77. The van der Waals surface area contributed by atoms with Gasteiger partial charge in [0.1, 0.15) is 16.7 Å². The summed E-state index contributed by atoms with van der Waals surface area (Å²) < 4.78 is 34.2. The van der Waals surface area contributed by atoms with Crippen LogP contribution in [0.2, 0.25) is 5.02 Å². The van der Waals surface area contributed by atoms with Crippen LogP contribution in [-0.2, 0) is 21.2 Å². The zero-order valence-electron chi connectivity index (χ0n) is 18.1. The number of sulfonamides is 1. The second kappa shape index (κ2) is 10.2. The molecule has 168 valence electrons. The Labute approximate surface area is 193 Å². The highest BCUT2D eigenvalue weighted by atomic mass is 35.5. The summed E-state index contributed by atoms with van der Waals surface area (Å²) in [6.45, 7) is 3.85. The van der Waals surface area contributed by atoms with Crippen LogP contribution in [0.15, 0.2) is 71.6 Å². The molecule has 32 heavy (non-hydrogen) atoms. The fourth-order valence-corrected chi connectivity index (χ4v) is 4.88. The van der Waals surface area contributed by atoms with Gasteiger partial charge in [0.15, 0.2) is 0 Å².